The molecule has 3 aliphatic rings. The number of benzene rings is 1. The van der Waals surface area contributed by atoms with Gasteiger partial charge in [0.1, 0.15) is 11.4 Å². The lowest BCUT2D eigenvalue weighted by molar-refractivity contribution is -0.146. The zero-order valence-electron chi connectivity index (χ0n) is 18.7. The Hall–Kier alpha value is -3.22. The first-order valence-corrected chi connectivity index (χ1v) is 11.3. The van der Waals surface area contributed by atoms with Crippen LogP contribution >= 0.6 is 0 Å². The first kappa shape index (κ1) is 22.0. The summed E-state index contributed by atoms with van der Waals surface area (Å²) in [5.74, 6) is -0.256. The number of aliphatic imine (C=N–C) groups is 1. The second kappa shape index (κ2) is 9.10. The number of hydrogen-bond acceptors (Lipinski definition) is 4. The van der Waals surface area contributed by atoms with E-state index >= 15 is 0 Å². The number of amidine groups is 1. The zero-order chi connectivity index (χ0) is 22.7. The summed E-state index contributed by atoms with van der Waals surface area (Å²) in [6.45, 7) is 3.88. The number of amides is 3. The topological polar surface area (TPSA) is 82.1 Å². The van der Waals surface area contributed by atoms with Crippen molar-refractivity contribution in [3.05, 3.63) is 59.8 Å². The van der Waals surface area contributed by atoms with Gasteiger partial charge >= 0.3 is 0 Å². The van der Waals surface area contributed by atoms with E-state index in [4.69, 9.17) is 0 Å². The van der Waals surface area contributed by atoms with Crippen LogP contribution in [0, 0.1) is 0 Å². The van der Waals surface area contributed by atoms with Gasteiger partial charge in [-0.15, -0.1) is 0 Å². The molecule has 1 atom stereocenters. The van der Waals surface area contributed by atoms with Crippen LogP contribution in [0.1, 0.15) is 51.5 Å². The van der Waals surface area contributed by atoms with Crippen molar-refractivity contribution in [1.29, 1.82) is 0 Å². The minimum Gasteiger partial charge on any atom is -0.352 e. The first-order chi connectivity index (χ1) is 15.4. The SMILES string of the molecule is CC1=CC=CN2C1=NC(=O)C[C@@]2(C)C(=O)N(CC(=O)NC1CCCC1)Cc1ccccc1. The quantitative estimate of drug-likeness (QED) is 0.746. The van der Waals surface area contributed by atoms with E-state index in [1.54, 1.807) is 22.9 Å². The number of nitrogens with one attached hydrogen (secondary N) is 1. The molecule has 32 heavy (non-hydrogen) atoms. The maximum absolute atomic E-state index is 13.9. The first-order valence-electron chi connectivity index (χ1n) is 11.3. The smallest absolute Gasteiger partial charge is 0.250 e. The van der Waals surface area contributed by atoms with E-state index in [9.17, 15) is 14.4 Å². The number of rotatable bonds is 6. The van der Waals surface area contributed by atoms with Crippen molar-refractivity contribution in [2.45, 2.75) is 64.1 Å². The molecule has 1 N–H and O–H groups in total. The molecule has 1 aromatic rings. The van der Waals surface area contributed by atoms with Crippen LogP contribution in [0.25, 0.3) is 0 Å². The van der Waals surface area contributed by atoms with Crippen molar-refractivity contribution in [2.24, 2.45) is 4.99 Å². The molecule has 2 aliphatic heterocycles. The Morgan fingerprint density at radius 1 is 1.22 bits per heavy atom. The van der Waals surface area contributed by atoms with Gasteiger partial charge < -0.3 is 15.1 Å². The lowest BCUT2D eigenvalue weighted by atomic mass is 9.89. The van der Waals surface area contributed by atoms with Crippen LogP contribution in [-0.2, 0) is 20.9 Å². The molecule has 3 amide bonds. The van der Waals surface area contributed by atoms with E-state index in [0.29, 0.717) is 12.4 Å². The number of hydrogen-bond donors (Lipinski definition) is 1. The van der Waals surface area contributed by atoms with Gasteiger partial charge in [0.25, 0.3) is 5.91 Å². The fourth-order valence-corrected chi connectivity index (χ4v) is 4.73. The van der Waals surface area contributed by atoms with Crippen LogP contribution < -0.4 is 5.32 Å². The van der Waals surface area contributed by atoms with Crippen molar-refractivity contribution in [3.8, 4) is 0 Å². The summed E-state index contributed by atoms with van der Waals surface area (Å²) in [6.07, 6.45) is 9.67. The highest BCUT2D eigenvalue weighted by Gasteiger charge is 2.48. The molecule has 0 spiro atoms. The standard InChI is InChI=1S/C25H30N4O3/c1-18-9-8-14-29-23(18)27-21(30)15-25(29,2)24(32)28(16-19-10-4-3-5-11-19)17-22(31)26-20-12-6-7-13-20/h3-5,8-11,14,20H,6-7,12-13,15-17H2,1-2H3,(H,26,31)/t25-/m0/s1. The normalized spacial score (nSPS) is 22.8. The van der Waals surface area contributed by atoms with Gasteiger partial charge in [0, 0.05) is 18.8 Å². The molecule has 168 valence electrons. The Kier molecular flexibility index (Phi) is 6.26. The van der Waals surface area contributed by atoms with Gasteiger partial charge in [-0.05, 0) is 43.9 Å². The molecule has 1 aromatic carbocycles. The maximum Gasteiger partial charge on any atom is 0.250 e. The molecule has 7 heteroatoms. The van der Waals surface area contributed by atoms with Crippen LogP contribution in [0.2, 0.25) is 0 Å². The third-order valence-electron chi connectivity index (χ3n) is 6.44. The van der Waals surface area contributed by atoms with Crippen molar-refractivity contribution in [2.75, 3.05) is 6.54 Å². The lowest BCUT2D eigenvalue weighted by Gasteiger charge is -2.45. The van der Waals surface area contributed by atoms with Crippen molar-refractivity contribution in [3.63, 3.8) is 0 Å². The van der Waals surface area contributed by atoms with Gasteiger partial charge in [-0.1, -0.05) is 49.2 Å². The number of fused-ring (bicyclic) bond motifs is 1. The lowest BCUT2D eigenvalue weighted by Crippen LogP contribution is -2.62. The molecule has 1 fully saturated rings. The summed E-state index contributed by atoms with van der Waals surface area (Å²) in [4.78, 5) is 46.8. The summed E-state index contributed by atoms with van der Waals surface area (Å²) < 4.78 is 0. The summed E-state index contributed by atoms with van der Waals surface area (Å²) in [5.41, 5.74) is 0.607. The third kappa shape index (κ3) is 4.52. The number of nitrogens with zero attached hydrogens (tertiary/aromatic N) is 3. The molecule has 4 rings (SSSR count). The minimum absolute atomic E-state index is 0.0392. The molecule has 1 aliphatic carbocycles. The van der Waals surface area contributed by atoms with E-state index < -0.39 is 5.54 Å². The molecule has 0 unspecified atom stereocenters. The molecule has 0 aromatic heterocycles. The fraction of sp³-hybridized carbons (Fsp3) is 0.440. The van der Waals surface area contributed by atoms with Crippen LogP contribution in [0.5, 0.6) is 0 Å². The van der Waals surface area contributed by atoms with Gasteiger partial charge in [0.05, 0.1) is 13.0 Å². The Morgan fingerprint density at radius 3 is 2.66 bits per heavy atom. The zero-order valence-corrected chi connectivity index (χ0v) is 18.7. The van der Waals surface area contributed by atoms with Crippen molar-refractivity contribution < 1.29 is 14.4 Å². The Morgan fingerprint density at radius 2 is 1.94 bits per heavy atom. The van der Waals surface area contributed by atoms with Gasteiger partial charge in [-0.2, -0.15) is 4.99 Å². The van der Waals surface area contributed by atoms with Crippen LogP contribution in [0.4, 0.5) is 0 Å². The molecular weight excluding hydrogens is 404 g/mol. The van der Waals surface area contributed by atoms with Crippen LogP contribution in [0.15, 0.2) is 59.2 Å². The molecular formula is C25H30N4O3. The van der Waals surface area contributed by atoms with Crippen molar-refractivity contribution in [1.82, 2.24) is 15.1 Å². The monoisotopic (exact) mass is 434 g/mol. The van der Waals surface area contributed by atoms with Gasteiger partial charge in [-0.25, -0.2) is 0 Å². The van der Waals surface area contributed by atoms with E-state index in [1.807, 2.05) is 49.4 Å². The van der Waals surface area contributed by atoms with Gasteiger partial charge in [0.2, 0.25) is 11.8 Å². The van der Waals surface area contributed by atoms with E-state index in [1.165, 1.54) is 0 Å². The third-order valence-corrected chi connectivity index (χ3v) is 6.44. The number of allylic oxidation sites excluding steroid dienone is 2. The Labute approximate surface area is 188 Å². The highest BCUT2D eigenvalue weighted by molar-refractivity contribution is 6.12. The summed E-state index contributed by atoms with van der Waals surface area (Å²) in [7, 11) is 0. The molecule has 0 saturated heterocycles. The predicted octanol–water partition coefficient (Wildman–Crippen LogP) is 2.94. The highest BCUT2D eigenvalue weighted by atomic mass is 16.2. The molecule has 0 bridgehead atoms. The predicted molar refractivity (Wildman–Crippen MR) is 122 cm³/mol. The van der Waals surface area contributed by atoms with Gasteiger partial charge in [-0.3, -0.25) is 14.4 Å². The number of carbonyl (C=O) groups excluding carboxylic acids is 3. The fourth-order valence-electron chi connectivity index (χ4n) is 4.73. The van der Waals surface area contributed by atoms with Crippen LogP contribution in [-0.4, -0.2) is 51.5 Å². The molecule has 2 heterocycles. The average molecular weight is 435 g/mol. The van der Waals surface area contributed by atoms with E-state index in [0.717, 1.165) is 36.8 Å². The Balaban J connectivity index is 1.60. The van der Waals surface area contributed by atoms with E-state index in [-0.39, 0.29) is 36.7 Å². The summed E-state index contributed by atoms with van der Waals surface area (Å²) in [6, 6.07) is 9.79. The van der Waals surface area contributed by atoms with Crippen molar-refractivity contribution >= 4 is 23.6 Å². The average Bonchev–Trinajstić information content (AvgIpc) is 3.27. The molecule has 1 saturated carbocycles. The summed E-state index contributed by atoms with van der Waals surface area (Å²) in [5, 5.41) is 3.08. The van der Waals surface area contributed by atoms with Gasteiger partial charge in [0.15, 0.2) is 0 Å². The van der Waals surface area contributed by atoms with E-state index in [2.05, 4.69) is 10.3 Å². The maximum atomic E-state index is 13.9. The largest absolute Gasteiger partial charge is 0.352 e. The Bertz CT molecular complexity index is 992. The highest BCUT2D eigenvalue weighted by Crippen LogP contribution is 2.32. The van der Waals surface area contributed by atoms with Crippen LogP contribution in [0.3, 0.4) is 0 Å². The second-order valence-electron chi connectivity index (χ2n) is 9.04. The second-order valence-corrected chi connectivity index (χ2v) is 9.04. The molecule has 7 nitrogen and oxygen atoms in total. The number of carbonyl (C=O) groups is 3. The molecule has 0 radical (unpaired) electrons. The summed E-state index contributed by atoms with van der Waals surface area (Å²) >= 11 is 0. The minimum atomic E-state index is -1.15.